The Bertz CT molecular complexity index is 590. The van der Waals surface area contributed by atoms with Crippen molar-refractivity contribution in [2.75, 3.05) is 5.43 Å². The van der Waals surface area contributed by atoms with Crippen LogP contribution in [0.2, 0.25) is 0 Å². The van der Waals surface area contributed by atoms with E-state index in [0.717, 1.165) is 18.6 Å². The van der Waals surface area contributed by atoms with Crippen LogP contribution in [0.15, 0.2) is 41.1 Å². The zero-order chi connectivity index (χ0) is 14.5. The number of nitrogens with zero attached hydrogens (tertiary/aromatic N) is 2. The molecule has 1 aliphatic carbocycles. The SMILES string of the molecule is CC(=O)NC1=CCCC1=NNc1ccc([N+](=O)[O-])cc1. The van der Waals surface area contributed by atoms with E-state index in [1.165, 1.54) is 19.1 Å². The van der Waals surface area contributed by atoms with Crippen molar-refractivity contribution < 1.29 is 9.72 Å². The normalized spacial score (nSPS) is 15.8. The van der Waals surface area contributed by atoms with E-state index in [1.807, 2.05) is 6.08 Å². The lowest BCUT2D eigenvalue weighted by Gasteiger charge is -2.06. The topological polar surface area (TPSA) is 96.6 Å². The number of anilines is 1. The number of nitro groups is 1. The number of hydrazone groups is 1. The van der Waals surface area contributed by atoms with Gasteiger partial charge in [-0.05, 0) is 25.0 Å². The van der Waals surface area contributed by atoms with E-state index in [9.17, 15) is 14.9 Å². The van der Waals surface area contributed by atoms with Crippen molar-refractivity contribution in [3.63, 3.8) is 0 Å². The van der Waals surface area contributed by atoms with Gasteiger partial charge in [-0.1, -0.05) is 6.08 Å². The Hall–Kier alpha value is -2.70. The number of hydrogen-bond acceptors (Lipinski definition) is 5. The minimum atomic E-state index is -0.454. The molecule has 0 radical (unpaired) electrons. The van der Waals surface area contributed by atoms with Crippen LogP contribution in [0.4, 0.5) is 11.4 Å². The first kappa shape index (κ1) is 13.7. The second-order valence-corrected chi connectivity index (χ2v) is 4.31. The summed E-state index contributed by atoms with van der Waals surface area (Å²) in [6, 6.07) is 5.97. The van der Waals surface area contributed by atoms with Gasteiger partial charge < -0.3 is 5.32 Å². The maximum absolute atomic E-state index is 11.0. The monoisotopic (exact) mass is 274 g/mol. The van der Waals surface area contributed by atoms with Crippen molar-refractivity contribution >= 4 is 23.0 Å². The molecule has 0 saturated carbocycles. The van der Waals surface area contributed by atoms with Crippen LogP contribution in [-0.4, -0.2) is 16.5 Å². The van der Waals surface area contributed by atoms with E-state index in [4.69, 9.17) is 0 Å². The molecular weight excluding hydrogens is 260 g/mol. The van der Waals surface area contributed by atoms with Gasteiger partial charge in [-0.3, -0.25) is 20.3 Å². The number of nitrogens with one attached hydrogen (secondary N) is 2. The molecule has 1 aliphatic rings. The fraction of sp³-hybridized carbons (Fsp3) is 0.231. The Morgan fingerprint density at radius 2 is 2.05 bits per heavy atom. The summed E-state index contributed by atoms with van der Waals surface area (Å²) in [6.45, 7) is 1.44. The lowest BCUT2D eigenvalue weighted by molar-refractivity contribution is -0.384. The quantitative estimate of drug-likeness (QED) is 0.649. The Balaban J connectivity index is 2.03. The number of hydrogen-bond donors (Lipinski definition) is 2. The molecule has 0 heterocycles. The van der Waals surface area contributed by atoms with Crippen LogP contribution >= 0.6 is 0 Å². The zero-order valence-corrected chi connectivity index (χ0v) is 10.9. The lowest BCUT2D eigenvalue weighted by atomic mass is 10.3. The van der Waals surface area contributed by atoms with E-state index >= 15 is 0 Å². The van der Waals surface area contributed by atoms with Crippen molar-refractivity contribution in [1.82, 2.24) is 5.32 Å². The molecule has 0 fully saturated rings. The molecule has 0 bridgehead atoms. The van der Waals surface area contributed by atoms with Crippen LogP contribution in [-0.2, 0) is 4.79 Å². The summed E-state index contributed by atoms with van der Waals surface area (Å²) in [5.41, 5.74) is 4.99. The molecule has 2 rings (SSSR count). The lowest BCUT2D eigenvalue weighted by Crippen LogP contribution is -2.23. The first-order valence-corrected chi connectivity index (χ1v) is 6.11. The second-order valence-electron chi connectivity index (χ2n) is 4.31. The molecule has 1 amide bonds. The summed E-state index contributed by atoms with van der Waals surface area (Å²) in [6.07, 6.45) is 3.49. The minimum absolute atomic E-state index is 0.0305. The second kappa shape index (κ2) is 5.96. The Morgan fingerprint density at radius 3 is 2.65 bits per heavy atom. The van der Waals surface area contributed by atoms with E-state index in [0.29, 0.717) is 11.4 Å². The molecule has 0 aliphatic heterocycles. The van der Waals surface area contributed by atoms with Gasteiger partial charge in [0.1, 0.15) is 0 Å². The van der Waals surface area contributed by atoms with Gasteiger partial charge >= 0.3 is 0 Å². The van der Waals surface area contributed by atoms with E-state index in [-0.39, 0.29) is 11.6 Å². The maximum Gasteiger partial charge on any atom is 0.269 e. The predicted molar refractivity (Wildman–Crippen MR) is 75.3 cm³/mol. The molecule has 0 spiro atoms. The first-order chi connectivity index (χ1) is 9.56. The summed E-state index contributed by atoms with van der Waals surface area (Å²) >= 11 is 0. The fourth-order valence-corrected chi connectivity index (χ4v) is 1.82. The number of amides is 1. The molecule has 7 nitrogen and oxygen atoms in total. The molecule has 20 heavy (non-hydrogen) atoms. The van der Waals surface area contributed by atoms with Crippen molar-refractivity contribution in [2.24, 2.45) is 5.10 Å². The molecular formula is C13H14N4O3. The third-order valence-corrected chi connectivity index (χ3v) is 2.75. The maximum atomic E-state index is 11.0. The van der Waals surface area contributed by atoms with Gasteiger partial charge in [-0.2, -0.15) is 5.10 Å². The number of nitro benzene ring substituents is 1. The van der Waals surface area contributed by atoms with E-state index in [2.05, 4.69) is 15.8 Å². The highest BCUT2D eigenvalue weighted by Gasteiger charge is 2.14. The van der Waals surface area contributed by atoms with Crippen molar-refractivity contribution in [3.8, 4) is 0 Å². The fourth-order valence-electron chi connectivity index (χ4n) is 1.82. The van der Waals surface area contributed by atoms with Crippen molar-refractivity contribution in [3.05, 3.63) is 46.2 Å². The van der Waals surface area contributed by atoms with Gasteiger partial charge in [0.15, 0.2) is 0 Å². The molecule has 0 saturated heterocycles. The Kier molecular flexibility index (Phi) is 4.09. The molecule has 0 unspecified atom stereocenters. The summed E-state index contributed by atoms with van der Waals surface area (Å²) < 4.78 is 0. The molecule has 2 N–H and O–H groups in total. The van der Waals surface area contributed by atoms with Gasteiger partial charge in [0.05, 0.1) is 22.0 Å². The smallest absolute Gasteiger partial charge is 0.269 e. The summed E-state index contributed by atoms with van der Waals surface area (Å²) in [7, 11) is 0. The first-order valence-electron chi connectivity index (χ1n) is 6.11. The van der Waals surface area contributed by atoms with Gasteiger partial charge in [0, 0.05) is 19.1 Å². The van der Waals surface area contributed by atoms with Crippen LogP contribution < -0.4 is 10.7 Å². The third-order valence-electron chi connectivity index (χ3n) is 2.75. The highest BCUT2D eigenvalue weighted by Crippen LogP contribution is 2.17. The number of benzene rings is 1. The number of rotatable bonds is 4. The Labute approximate surface area is 115 Å². The summed E-state index contributed by atoms with van der Waals surface area (Å²) in [5.74, 6) is -0.138. The molecule has 104 valence electrons. The summed E-state index contributed by atoms with van der Waals surface area (Å²) in [4.78, 5) is 21.1. The standard InChI is InChI=1S/C13H14N4O3/c1-9(18)14-12-3-2-4-13(12)16-15-10-5-7-11(8-6-10)17(19)20/h3,5-8,15H,2,4H2,1H3,(H,14,18). The average molecular weight is 274 g/mol. The van der Waals surface area contributed by atoms with E-state index in [1.54, 1.807) is 12.1 Å². The summed E-state index contributed by atoms with van der Waals surface area (Å²) in [5, 5.41) is 17.5. The molecule has 0 atom stereocenters. The minimum Gasteiger partial charge on any atom is -0.325 e. The van der Waals surface area contributed by atoms with E-state index < -0.39 is 4.92 Å². The van der Waals surface area contributed by atoms with Crippen LogP contribution in [0.1, 0.15) is 19.8 Å². The number of carbonyl (C=O) groups is 1. The van der Waals surface area contributed by atoms with Gasteiger partial charge in [-0.15, -0.1) is 0 Å². The number of non-ortho nitro benzene ring substituents is 1. The van der Waals surface area contributed by atoms with Crippen LogP contribution in [0, 0.1) is 10.1 Å². The van der Waals surface area contributed by atoms with Gasteiger partial charge in [0.25, 0.3) is 5.69 Å². The average Bonchev–Trinajstić information content (AvgIpc) is 2.83. The van der Waals surface area contributed by atoms with Gasteiger partial charge in [0.2, 0.25) is 5.91 Å². The van der Waals surface area contributed by atoms with Crippen LogP contribution in [0.5, 0.6) is 0 Å². The highest BCUT2D eigenvalue weighted by atomic mass is 16.6. The predicted octanol–water partition coefficient (Wildman–Crippen LogP) is 2.18. The third kappa shape index (κ3) is 3.41. The highest BCUT2D eigenvalue weighted by molar-refractivity contribution is 6.04. The van der Waals surface area contributed by atoms with Crippen molar-refractivity contribution in [1.29, 1.82) is 0 Å². The Morgan fingerprint density at radius 1 is 1.35 bits per heavy atom. The molecule has 1 aromatic rings. The largest absolute Gasteiger partial charge is 0.325 e. The van der Waals surface area contributed by atoms with Gasteiger partial charge in [-0.25, -0.2) is 0 Å². The van der Waals surface area contributed by atoms with Crippen LogP contribution in [0.3, 0.4) is 0 Å². The number of allylic oxidation sites excluding steroid dienone is 2. The van der Waals surface area contributed by atoms with Crippen molar-refractivity contribution in [2.45, 2.75) is 19.8 Å². The molecule has 1 aromatic carbocycles. The zero-order valence-electron chi connectivity index (χ0n) is 10.9. The van der Waals surface area contributed by atoms with Crippen LogP contribution in [0.25, 0.3) is 0 Å². The number of carbonyl (C=O) groups excluding carboxylic acids is 1. The molecule has 0 aromatic heterocycles. The molecule has 7 heteroatoms.